The molecular weight excluding hydrogens is 544 g/mol. The van der Waals surface area contributed by atoms with Crippen LogP contribution in [0, 0.1) is 11.8 Å². The van der Waals surface area contributed by atoms with Crippen LogP contribution >= 0.6 is 0 Å². The summed E-state index contributed by atoms with van der Waals surface area (Å²) in [7, 11) is 5.12. The van der Waals surface area contributed by atoms with Crippen LogP contribution in [0.3, 0.4) is 0 Å². The molecule has 0 aliphatic carbocycles. The molecule has 0 radical (unpaired) electrons. The van der Waals surface area contributed by atoms with Crippen molar-refractivity contribution in [3.05, 3.63) is 30.0 Å². The fourth-order valence-electron chi connectivity index (χ4n) is 4.93. The van der Waals surface area contributed by atoms with Crippen LogP contribution in [-0.4, -0.2) is 109 Å². The Hall–Kier alpha value is -4.13. The lowest BCUT2D eigenvalue weighted by Gasteiger charge is -2.27. The van der Waals surface area contributed by atoms with Crippen molar-refractivity contribution in [3.63, 3.8) is 0 Å². The lowest BCUT2D eigenvalue weighted by Crippen LogP contribution is -2.54. The molecule has 2 unspecified atom stereocenters. The number of nitrogens with one attached hydrogen (secondary N) is 4. The number of ether oxygens (including phenoxy) is 1. The van der Waals surface area contributed by atoms with Crippen molar-refractivity contribution in [1.82, 2.24) is 30.7 Å². The second-order valence-electron chi connectivity index (χ2n) is 11.3. The van der Waals surface area contributed by atoms with Crippen LogP contribution in [0.1, 0.15) is 43.6 Å². The van der Waals surface area contributed by atoms with Crippen LogP contribution in [0.15, 0.2) is 24.3 Å². The average molecular weight is 587 g/mol. The number of methoxy groups -OCH3 is 1. The second kappa shape index (κ2) is 14.7. The number of nitrogens with zero attached hydrogens (tertiary/aromatic N) is 2. The Bertz CT molecular complexity index is 1290. The number of H-pyrrole nitrogens is 1. The maximum Gasteiger partial charge on any atom is 0.407 e. The third kappa shape index (κ3) is 8.68. The maximum absolute atomic E-state index is 13.6. The molecule has 1 aliphatic rings. The summed E-state index contributed by atoms with van der Waals surface area (Å²) in [5.74, 6) is -1.72. The minimum Gasteiger partial charge on any atom is -0.496 e. The van der Waals surface area contributed by atoms with Gasteiger partial charge in [-0.15, -0.1) is 0 Å². The standard InChI is InChI=1S/C29H42N6O7/c1-17(2)13-22(33-28(39)23-15-19-20(31-23)7-6-8-25(19)42-5)27(38)32-21(14-18-9-10-30-26(18)37)24(36)16-35(29(40)41)12-11-34(3)4/h6-8,15,17-18,21-22,31H,9-14,16H2,1-5H3,(H,30,37)(H,32,38)(H,33,39)(H,40,41)/t18-,21?,22?/m0/s1. The molecule has 13 heteroatoms. The molecule has 230 valence electrons. The van der Waals surface area contributed by atoms with E-state index in [1.54, 1.807) is 43.3 Å². The summed E-state index contributed by atoms with van der Waals surface area (Å²) in [6.07, 6.45) is -0.441. The third-order valence-corrected chi connectivity index (χ3v) is 7.24. The van der Waals surface area contributed by atoms with E-state index in [9.17, 15) is 29.1 Å². The lowest BCUT2D eigenvalue weighted by molar-refractivity contribution is -0.130. The number of hydrogen-bond donors (Lipinski definition) is 5. The number of Topliss-reactive ketones (excluding diaryl/α,β-unsaturated/α-hetero) is 1. The first-order chi connectivity index (χ1) is 19.9. The van der Waals surface area contributed by atoms with Gasteiger partial charge in [0.2, 0.25) is 11.8 Å². The van der Waals surface area contributed by atoms with Crippen LogP contribution in [0.5, 0.6) is 5.75 Å². The Morgan fingerprint density at radius 2 is 1.86 bits per heavy atom. The quantitative estimate of drug-likeness (QED) is 0.209. The van der Waals surface area contributed by atoms with Gasteiger partial charge in [-0.2, -0.15) is 0 Å². The number of amides is 4. The molecule has 4 amide bonds. The monoisotopic (exact) mass is 586 g/mol. The topological polar surface area (TPSA) is 173 Å². The van der Waals surface area contributed by atoms with Crippen molar-refractivity contribution >= 4 is 40.5 Å². The molecule has 2 aromatic rings. The van der Waals surface area contributed by atoms with Crippen LogP contribution < -0.4 is 20.7 Å². The van der Waals surface area contributed by atoms with Crippen LogP contribution in [0.4, 0.5) is 4.79 Å². The van der Waals surface area contributed by atoms with Gasteiger partial charge in [-0.25, -0.2) is 4.79 Å². The highest BCUT2D eigenvalue weighted by molar-refractivity contribution is 6.02. The lowest BCUT2D eigenvalue weighted by atomic mass is 9.94. The van der Waals surface area contributed by atoms with E-state index in [1.165, 1.54) is 7.11 Å². The first-order valence-electron chi connectivity index (χ1n) is 14.1. The SMILES string of the molecule is COc1cccc2[nH]c(C(=O)NC(CC(C)C)C(=O)NC(C[C@@H]3CCNC3=O)C(=O)CN(CCN(C)C)C(=O)O)cc12. The van der Waals surface area contributed by atoms with Gasteiger partial charge < -0.3 is 35.7 Å². The van der Waals surface area contributed by atoms with Crippen molar-refractivity contribution in [2.75, 3.05) is 47.4 Å². The Kier molecular flexibility index (Phi) is 11.3. The Morgan fingerprint density at radius 3 is 2.45 bits per heavy atom. The molecule has 0 spiro atoms. The van der Waals surface area contributed by atoms with Crippen molar-refractivity contribution in [2.45, 2.75) is 45.2 Å². The van der Waals surface area contributed by atoms with Crippen molar-refractivity contribution in [2.24, 2.45) is 11.8 Å². The van der Waals surface area contributed by atoms with Crippen LogP contribution in [-0.2, 0) is 14.4 Å². The molecule has 1 saturated heterocycles. The zero-order valence-electron chi connectivity index (χ0n) is 24.9. The maximum atomic E-state index is 13.6. The van der Waals surface area contributed by atoms with Gasteiger partial charge in [0.1, 0.15) is 17.5 Å². The van der Waals surface area contributed by atoms with Gasteiger partial charge in [0.15, 0.2) is 5.78 Å². The molecule has 42 heavy (non-hydrogen) atoms. The number of rotatable bonds is 15. The molecule has 1 aromatic carbocycles. The van der Waals surface area contributed by atoms with Gasteiger partial charge in [-0.05, 0) is 57.5 Å². The number of aromatic amines is 1. The average Bonchev–Trinajstić information content (AvgIpc) is 3.55. The smallest absolute Gasteiger partial charge is 0.407 e. The largest absolute Gasteiger partial charge is 0.496 e. The molecule has 1 fully saturated rings. The number of aromatic nitrogens is 1. The van der Waals surface area contributed by atoms with Gasteiger partial charge >= 0.3 is 6.09 Å². The summed E-state index contributed by atoms with van der Waals surface area (Å²) in [4.78, 5) is 70.2. The predicted molar refractivity (Wildman–Crippen MR) is 156 cm³/mol. The van der Waals surface area contributed by atoms with E-state index < -0.39 is 48.2 Å². The molecule has 0 saturated carbocycles. The molecule has 1 aromatic heterocycles. The van der Waals surface area contributed by atoms with E-state index in [4.69, 9.17) is 4.74 Å². The van der Waals surface area contributed by atoms with Crippen molar-refractivity contribution in [1.29, 1.82) is 0 Å². The number of likely N-dealkylation sites (N-methyl/N-ethyl adjacent to an activating group) is 1. The molecule has 1 aliphatic heterocycles. The highest BCUT2D eigenvalue weighted by Gasteiger charge is 2.34. The van der Waals surface area contributed by atoms with E-state index >= 15 is 0 Å². The van der Waals surface area contributed by atoms with Crippen LogP contribution in [0.25, 0.3) is 10.9 Å². The van der Waals surface area contributed by atoms with E-state index in [-0.39, 0.29) is 36.9 Å². The van der Waals surface area contributed by atoms with E-state index in [1.807, 2.05) is 13.8 Å². The molecule has 2 heterocycles. The number of carboxylic acid groups (broad SMARTS) is 1. The minimum atomic E-state index is -1.26. The van der Waals surface area contributed by atoms with E-state index in [0.29, 0.717) is 36.2 Å². The fourth-order valence-corrected chi connectivity index (χ4v) is 4.93. The molecule has 3 rings (SSSR count). The number of benzene rings is 1. The third-order valence-electron chi connectivity index (χ3n) is 7.24. The molecule has 5 N–H and O–H groups in total. The van der Waals surface area contributed by atoms with Gasteiger partial charge in [-0.1, -0.05) is 19.9 Å². The normalized spacial score (nSPS) is 16.3. The fraction of sp³-hybridized carbons (Fsp3) is 0.552. The molecule has 0 bridgehead atoms. The highest BCUT2D eigenvalue weighted by atomic mass is 16.5. The number of ketones is 1. The van der Waals surface area contributed by atoms with E-state index in [2.05, 4.69) is 20.9 Å². The van der Waals surface area contributed by atoms with Gasteiger partial charge in [0.05, 0.1) is 19.7 Å². The zero-order valence-corrected chi connectivity index (χ0v) is 24.9. The number of carbonyl (C=O) groups excluding carboxylic acids is 4. The van der Waals surface area contributed by atoms with Crippen molar-refractivity contribution < 1.29 is 33.8 Å². The Balaban J connectivity index is 1.80. The highest BCUT2D eigenvalue weighted by Crippen LogP contribution is 2.26. The number of carbonyl (C=O) groups is 5. The summed E-state index contributed by atoms with van der Waals surface area (Å²) < 4.78 is 5.37. The summed E-state index contributed by atoms with van der Waals surface area (Å²) in [5.41, 5.74) is 0.936. The summed E-state index contributed by atoms with van der Waals surface area (Å²) in [5, 5.41) is 18.6. The molecule has 3 atom stereocenters. The zero-order chi connectivity index (χ0) is 31.0. The predicted octanol–water partition coefficient (Wildman–Crippen LogP) is 1.44. The first kappa shape index (κ1) is 32.4. The number of fused-ring (bicyclic) bond motifs is 1. The number of hydrogen-bond acceptors (Lipinski definition) is 7. The summed E-state index contributed by atoms with van der Waals surface area (Å²) in [6.45, 7) is 4.33. The van der Waals surface area contributed by atoms with Crippen molar-refractivity contribution in [3.8, 4) is 5.75 Å². The van der Waals surface area contributed by atoms with E-state index in [0.717, 1.165) is 4.90 Å². The molecule has 13 nitrogen and oxygen atoms in total. The molecular formula is C29H42N6O7. The first-order valence-corrected chi connectivity index (χ1v) is 14.1. The van der Waals surface area contributed by atoms with Gasteiger partial charge in [0.25, 0.3) is 5.91 Å². The van der Waals surface area contributed by atoms with Crippen LogP contribution in [0.2, 0.25) is 0 Å². The van der Waals surface area contributed by atoms with Gasteiger partial charge in [0, 0.05) is 36.5 Å². The Labute approximate surface area is 245 Å². The Morgan fingerprint density at radius 1 is 1.12 bits per heavy atom. The second-order valence-corrected chi connectivity index (χ2v) is 11.3. The minimum absolute atomic E-state index is 0.0205. The summed E-state index contributed by atoms with van der Waals surface area (Å²) >= 11 is 0. The summed E-state index contributed by atoms with van der Waals surface area (Å²) in [6, 6.07) is 4.93. The van der Waals surface area contributed by atoms with Gasteiger partial charge in [-0.3, -0.25) is 24.1 Å².